The van der Waals surface area contributed by atoms with Gasteiger partial charge in [-0.2, -0.15) is 0 Å². The van der Waals surface area contributed by atoms with Gasteiger partial charge in [0.2, 0.25) is 0 Å². The third kappa shape index (κ3) is 22.5. The minimum atomic E-state index is -1.85. The molecule has 0 spiro atoms. The summed E-state index contributed by atoms with van der Waals surface area (Å²) in [5.41, 5.74) is 0. The largest absolute Gasteiger partial charge is 0.466 e. The van der Waals surface area contributed by atoms with Gasteiger partial charge in [0.05, 0.1) is 33.4 Å². The summed E-state index contributed by atoms with van der Waals surface area (Å²) < 4.78 is 17.1. The Morgan fingerprint density at radius 2 is 1.11 bits per heavy atom. The van der Waals surface area contributed by atoms with E-state index in [1.165, 1.54) is 129 Å². The zero-order valence-corrected chi connectivity index (χ0v) is 26.2. The van der Waals surface area contributed by atoms with Crippen molar-refractivity contribution in [2.75, 3.05) is 46.5 Å². The lowest BCUT2D eigenvalue weighted by Gasteiger charge is -2.29. The molecule has 1 unspecified atom stereocenters. The fourth-order valence-electron chi connectivity index (χ4n) is 5.32. The van der Waals surface area contributed by atoms with Crippen LogP contribution in [0.3, 0.4) is 0 Å². The molecule has 1 aliphatic rings. The molecule has 0 amide bonds. The lowest BCUT2D eigenvalue weighted by molar-refractivity contribution is -0.897. The van der Waals surface area contributed by atoms with Gasteiger partial charge in [0.15, 0.2) is 0 Å². The molecule has 1 aliphatic heterocycles. The second-order valence-electron chi connectivity index (χ2n) is 11.7. The summed E-state index contributed by atoms with van der Waals surface area (Å²) in [5.74, 6) is -0.171. The van der Waals surface area contributed by atoms with Crippen molar-refractivity contribution in [3.05, 3.63) is 0 Å². The Morgan fingerprint density at radius 1 is 0.658 bits per heavy atom. The lowest BCUT2D eigenvalue weighted by atomic mass is 10.0. The molecule has 0 saturated carbocycles. The predicted octanol–water partition coefficient (Wildman–Crippen LogP) is 8.84. The van der Waals surface area contributed by atoms with Gasteiger partial charge in [-0.05, 0) is 12.8 Å². The van der Waals surface area contributed by atoms with E-state index >= 15 is 0 Å². The van der Waals surface area contributed by atoms with E-state index in [1.807, 2.05) is 0 Å². The van der Waals surface area contributed by atoms with Crippen molar-refractivity contribution in [3.63, 3.8) is 0 Å². The monoisotopic (exact) mass is 560 g/mol. The molecule has 7 heteroatoms. The average Bonchev–Trinajstić information content (AvgIpc) is 3.34. The summed E-state index contributed by atoms with van der Waals surface area (Å²) in [5, 5.41) is 0. The SMILES string of the molecule is CCCCCCCCCCCCCCCCCCCCOC(=O)CCCOP(O)OCC[N+]1(C)CCCC1. The Kier molecular flexibility index (Phi) is 24.2. The first-order valence-electron chi connectivity index (χ1n) is 16.3. The Hall–Kier alpha value is -0.260. The van der Waals surface area contributed by atoms with E-state index in [9.17, 15) is 9.69 Å². The van der Waals surface area contributed by atoms with E-state index in [1.54, 1.807) is 0 Å². The van der Waals surface area contributed by atoms with Gasteiger partial charge in [-0.3, -0.25) is 4.79 Å². The number of nitrogens with zero attached hydrogens (tertiary/aromatic N) is 1. The summed E-state index contributed by atoms with van der Waals surface area (Å²) in [7, 11) is 0.392. The highest BCUT2D eigenvalue weighted by molar-refractivity contribution is 7.40. The predicted molar refractivity (Wildman–Crippen MR) is 160 cm³/mol. The number of esters is 1. The fraction of sp³-hybridized carbons (Fsp3) is 0.968. The molecule has 0 aromatic heterocycles. The van der Waals surface area contributed by atoms with E-state index in [4.69, 9.17) is 13.8 Å². The van der Waals surface area contributed by atoms with Gasteiger partial charge in [-0.25, -0.2) is 0 Å². The maximum atomic E-state index is 11.9. The standard InChI is InChI=1S/C31H63NO5P/c1-3-4-5-6-7-8-9-10-11-12-13-14-15-16-17-18-19-22-28-35-31(33)24-23-29-36-38(34)37-30-27-32(2)25-20-21-26-32/h34H,3-30H2,1-2H3/q+1. The molecule has 0 radical (unpaired) electrons. The third-order valence-corrected chi connectivity index (χ3v) is 8.77. The number of rotatable bonds is 28. The zero-order chi connectivity index (χ0) is 27.6. The Balaban J connectivity index is 1.74. The first-order valence-corrected chi connectivity index (χ1v) is 17.4. The van der Waals surface area contributed by atoms with Gasteiger partial charge in [0.25, 0.3) is 0 Å². The Morgan fingerprint density at radius 3 is 1.61 bits per heavy atom. The fourth-order valence-corrected chi connectivity index (χ4v) is 5.92. The van der Waals surface area contributed by atoms with Crippen LogP contribution in [-0.2, 0) is 18.6 Å². The molecule has 226 valence electrons. The molecule has 0 bridgehead atoms. The van der Waals surface area contributed by atoms with Crippen LogP contribution in [0.1, 0.15) is 148 Å². The number of unbranched alkanes of at least 4 members (excludes halogenated alkanes) is 17. The number of carbonyl (C=O) groups excluding carboxylic acids is 1. The van der Waals surface area contributed by atoms with Crippen LogP contribution in [0.15, 0.2) is 0 Å². The molecule has 1 rings (SSSR count). The minimum Gasteiger partial charge on any atom is -0.466 e. The van der Waals surface area contributed by atoms with Crippen LogP contribution in [0.2, 0.25) is 0 Å². The summed E-state index contributed by atoms with van der Waals surface area (Å²) in [4.78, 5) is 21.7. The summed E-state index contributed by atoms with van der Waals surface area (Å²) >= 11 is 0. The van der Waals surface area contributed by atoms with Crippen molar-refractivity contribution in [2.45, 2.75) is 148 Å². The molecule has 1 saturated heterocycles. The number of quaternary nitrogens is 1. The van der Waals surface area contributed by atoms with Crippen molar-refractivity contribution in [1.29, 1.82) is 0 Å². The maximum absolute atomic E-state index is 11.9. The average molecular weight is 561 g/mol. The van der Waals surface area contributed by atoms with Crippen molar-refractivity contribution in [1.82, 2.24) is 0 Å². The summed E-state index contributed by atoms with van der Waals surface area (Å²) in [6.07, 6.45) is 27.8. The topological polar surface area (TPSA) is 65.0 Å². The molecule has 6 nitrogen and oxygen atoms in total. The smallest absolute Gasteiger partial charge is 0.330 e. The molecule has 38 heavy (non-hydrogen) atoms. The summed E-state index contributed by atoms with van der Waals surface area (Å²) in [6.45, 7) is 6.93. The van der Waals surface area contributed by atoms with E-state index in [0.717, 1.165) is 23.9 Å². The number of likely N-dealkylation sites (N-methyl/N-ethyl adjacent to an activating group) is 1. The second-order valence-corrected chi connectivity index (χ2v) is 12.7. The highest BCUT2D eigenvalue weighted by atomic mass is 31.2. The van der Waals surface area contributed by atoms with E-state index in [2.05, 4.69) is 14.0 Å². The Bertz CT molecular complexity index is 530. The van der Waals surface area contributed by atoms with Crippen molar-refractivity contribution >= 4 is 14.6 Å². The van der Waals surface area contributed by atoms with Crippen molar-refractivity contribution in [3.8, 4) is 0 Å². The van der Waals surface area contributed by atoms with Crippen LogP contribution in [0.4, 0.5) is 0 Å². The van der Waals surface area contributed by atoms with Crippen molar-refractivity contribution < 1.29 is 28.0 Å². The highest BCUT2D eigenvalue weighted by Crippen LogP contribution is 2.33. The molecular formula is C31H63NO5P+. The van der Waals surface area contributed by atoms with E-state index in [0.29, 0.717) is 32.7 Å². The van der Waals surface area contributed by atoms with Gasteiger partial charge < -0.3 is 23.2 Å². The van der Waals surface area contributed by atoms with E-state index in [-0.39, 0.29) is 5.97 Å². The molecule has 1 N–H and O–H groups in total. The third-order valence-electron chi connectivity index (χ3n) is 7.97. The molecule has 1 atom stereocenters. The molecule has 0 aromatic rings. The van der Waals surface area contributed by atoms with Crippen LogP contribution >= 0.6 is 8.60 Å². The minimum absolute atomic E-state index is 0.171. The van der Waals surface area contributed by atoms with E-state index < -0.39 is 8.60 Å². The summed E-state index contributed by atoms with van der Waals surface area (Å²) in [6, 6.07) is 0. The normalized spacial score (nSPS) is 15.7. The van der Waals surface area contributed by atoms with Crippen LogP contribution in [0.25, 0.3) is 0 Å². The molecular weight excluding hydrogens is 497 g/mol. The van der Waals surface area contributed by atoms with Crippen LogP contribution in [-0.4, -0.2) is 61.8 Å². The van der Waals surface area contributed by atoms with Crippen LogP contribution < -0.4 is 0 Å². The number of hydrogen-bond acceptors (Lipinski definition) is 5. The van der Waals surface area contributed by atoms with Gasteiger partial charge in [-0.1, -0.05) is 116 Å². The maximum Gasteiger partial charge on any atom is 0.330 e. The van der Waals surface area contributed by atoms with Crippen LogP contribution in [0.5, 0.6) is 0 Å². The Labute approximate surface area is 237 Å². The molecule has 0 aliphatic carbocycles. The van der Waals surface area contributed by atoms with Gasteiger partial charge in [0, 0.05) is 19.3 Å². The first kappa shape index (κ1) is 35.8. The van der Waals surface area contributed by atoms with Crippen LogP contribution in [0, 0.1) is 0 Å². The first-order chi connectivity index (χ1) is 18.6. The van der Waals surface area contributed by atoms with Gasteiger partial charge in [-0.15, -0.1) is 0 Å². The second kappa shape index (κ2) is 25.7. The zero-order valence-electron chi connectivity index (χ0n) is 25.3. The molecule has 1 heterocycles. The van der Waals surface area contributed by atoms with Gasteiger partial charge >= 0.3 is 14.6 Å². The quantitative estimate of drug-likeness (QED) is 0.0448. The lowest BCUT2D eigenvalue weighted by Crippen LogP contribution is -2.43. The number of hydrogen-bond donors (Lipinski definition) is 1. The highest BCUT2D eigenvalue weighted by Gasteiger charge is 2.26. The van der Waals surface area contributed by atoms with Gasteiger partial charge in [0.1, 0.15) is 13.2 Å². The molecule has 1 fully saturated rings. The number of ether oxygens (including phenoxy) is 1. The number of carbonyl (C=O) groups is 1. The molecule has 0 aromatic carbocycles. The van der Waals surface area contributed by atoms with Crippen molar-refractivity contribution in [2.24, 2.45) is 0 Å². The number of likely N-dealkylation sites (tertiary alicyclic amines) is 1.